The van der Waals surface area contributed by atoms with E-state index in [9.17, 15) is 10.1 Å². The van der Waals surface area contributed by atoms with Crippen LogP contribution in [0.4, 0.5) is 5.69 Å². The Morgan fingerprint density at radius 3 is 2.11 bits per heavy atom. The number of ether oxygens (including phenoxy) is 1. The lowest BCUT2D eigenvalue weighted by Crippen LogP contribution is -2.06. The average Bonchev–Trinajstić information content (AvgIpc) is 2.42. The molecule has 6 nitrogen and oxygen atoms in total. The summed E-state index contributed by atoms with van der Waals surface area (Å²) in [6, 6.07) is 5.76. The number of nitro groups is 1. The van der Waals surface area contributed by atoms with Crippen molar-refractivity contribution in [2.24, 2.45) is 10.9 Å². The number of unbranched alkanes of at least 4 members (excludes halogenated alkanes) is 2. The number of nitrogens with zero attached hydrogens (tertiary/aromatic N) is 2. The minimum Gasteiger partial charge on any atom is -0.480 e. The summed E-state index contributed by atoms with van der Waals surface area (Å²) in [5.41, 5.74) is 0.613. The van der Waals surface area contributed by atoms with Crippen molar-refractivity contribution in [3.8, 4) is 0 Å². The first kappa shape index (κ1) is 16.9. The first-order chi connectivity index (χ1) is 9.10. The Bertz CT molecular complexity index is 400. The van der Waals surface area contributed by atoms with E-state index in [0.717, 1.165) is 0 Å². The van der Waals surface area contributed by atoms with E-state index >= 15 is 0 Å². The Hall–Kier alpha value is -2.11. The lowest BCUT2D eigenvalue weighted by atomic mass is 10.2. The minimum absolute atomic E-state index is 0.0150. The minimum atomic E-state index is -0.476. The second-order valence-electron chi connectivity index (χ2n) is 3.80. The summed E-state index contributed by atoms with van der Waals surface area (Å²) < 4.78 is 4.84. The van der Waals surface area contributed by atoms with Crippen LogP contribution in [0.3, 0.4) is 0 Å². The molecule has 106 valence electrons. The van der Waals surface area contributed by atoms with Gasteiger partial charge >= 0.3 is 0 Å². The lowest BCUT2D eigenvalue weighted by molar-refractivity contribution is -0.384. The number of hydrazone groups is 1. The van der Waals surface area contributed by atoms with Crippen LogP contribution in [0.15, 0.2) is 29.4 Å². The maximum atomic E-state index is 10.3. The molecule has 19 heavy (non-hydrogen) atoms. The van der Waals surface area contributed by atoms with Crippen molar-refractivity contribution in [3.05, 3.63) is 39.9 Å². The molecule has 0 amide bonds. The van der Waals surface area contributed by atoms with Crippen molar-refractivity contribution in [1.82, 2.24) is 0 Å². The first-order valence-electron chi connectivity index (χ1n) is 6.17. The molecule has 0 heterocycles. The fourth-order valence-electron chi connectivity index (χ4n) is 1.32. The van der Waals surface area contributed by atoms with Gasteiger partial charge in [0, 0.05) is 17.7 Å². The molecule has 0 aromatic heterocycles. The van der Waals surface area contributed by atoms with Gasteiger partial charge in [0.2, 0.25) is 5.90 Å². The van der Waals surface area contributed by atoms with Crippen molar-refractivity contribution >= 4 is 11.6 Å². The third-order valence-electron chi connectivity index (χ3n) is 2.34. The summed E-state index contributed by atoms with van der Waals surface area (Å²) in [7, 11) is 1.42. The lowest BCUT2D eigenvalue weighted by Gasteiger charge is -2.01. The van der Waals surface area contributed by atoms with Gasteiger partial charge in [0.05, 0.1) is 12.0 Å². The molecular weight excluding hydrogens is 246 g/mol. The Balaban J connectivity index is 0.000000555. The zero-order chi connectivity index (χ0) is 14.7. The van der Waals surface area contributed by atoms with Gasteiger partial charge in [-0.05, 0) is 12.1 Å². The number of rotatable bonds is 4. The van der Waals surface area contributed by atoms with Crippen LogP contribution in [0.2, 0.25) is 0 Å². The molecule has 0 radical (unpaired) electrons. The van der Waals surface area contributed by atoms with Gasteiger partial charge in [-0.1, -0.05) is 33.1 Å². The Kier molecular flexibility index (Phi) is 8.78. The second-order valence-corrected chi connectivity index (χ2v) is 3.80. The number of methoxy groups -OCH3 is 1. The molecule has 0 saturated carbocycles. The summed E-state index contributed by atoms with van der Waals surface area (Å²) >= 11 is 0. The molecule has 1 aromatic carbocycles. The van der Waals surface area contributed by atoms with Gasteiger partial charge in [0.15, 0.2) is 0 Å². The van der Waals surface area contributed by atoms with Crippen LogP contribution in [0.25, 0.3) is 0 Å². The van der Waals surface area contributed by atoms with Gasteiger partial charge < -0.3 is 10.6 Å². The van der Waals surface area contributed by atoms with E-state index in [0.29, 0.717) is 5.56 Å². The number of non-ortho nitro benzene ring substituents is 1. The highest BCUT2D eigenvalue weighted by Crippen LogP contribution is 2.12. The summed E-state index contributed by atoms with van der Waals surface area (Å²) in [5.74, 6) is 5.28. The number of hydrogen-bond acceptors (Lipinski definition) is 5. The summed E-state index contributed by atoms with van der Waals surface area (Å²) in [6.45, 7) is 4.42. The van der Waals surface area contributed by atoms with E-state index < -0.39 is 4.92 Å². The zero-order valence-electron chi connectivity index (χ0n) is 11.6. The highest BCUT2D eigenvalue weighted by atomic mass is 16.6. The van der Waals surface area contributed by atoms with E-state index in [1.54, 1.807) is 0 Å². The van der Waals surface area contributed by atoms with E-state index in [1.165, 1.54) is 50.6 Å². The van der Waals surface area contributed by atoms with E-state index in [2.05, 4.69) is 18.9 Å². The van der Waals surface area contributed by atoms with Gasteiger partial charge in [-0.2, -0.15) is 0 Å². The normalized spacial score (nSPS) is 10.4. The molecule has 0 atom stereocenters. The van der Waals surface area contributed by atoms with Gasteiger partial charge in [-0.25, -0.2) is 0 Å². The zero-order valence-corrected chi connectivity index (χ0v) is 11.6. The number of benzene rings is 1. The summed E-state index contributed by atoms with van der Waals surface area (Å²) in [5, 5.41) is 13.7. The number of nitro benzene ring substituents is 1. The highest BCUT2D eigenvalue weighted by molar-refractivity contribution is 5.93. The highest BCUT2D eigenvalue weighted by Gasteiger charge is 2.07. The molecule has 6 heteroatoms. The van der Waals surface area contributed by atoms with E-state index in [1.807, 2.05) is 0 Å². The third-order valence-corrected chi connectivity index (χ3v) is 2.34. The number of nitrogens with two attached hydrogens (primary N) is 1. The van der Waals surface area contributed by atoms with Crippen LogP contribution in [0.5, 0.6) is 0 Å². The second kappa shape index (κ2) is 9.87. The maximum absolute atomic E-state index is 10.3. The molecule has 0 fully saturated rings. The smallest absolute Gasteiger partial charge is 0.269 e. The Morgan fingerprint density at radius 1 is 1.32 bits per heavy atom. The Labute approximate surface area is 113 Å². The molecule has 0 aliphatic rings. The molecule has 0 bridgehead atoms. The van der Waals surface area contributed by atoms with Gasteiger partial charge in [-0.3, -0.25) is 10.1 Å². The van der Waals surface area contributed by atoms with Crippen LogP contribution in [-0.4, -0.2) is 17.9 Å². The average molecular weight is 267 g/mol. The molecule has 1 rings (SSSR count). The largest absolute Gasteiger partial charge is 0.480 e. The molecule has 0 saturated heterocycles. The van der Waals surface area contributed by atoms with Crippen molar-refractivity contribution in [1.29, 1.82) is 0 Å². The van der Waals surface area contributed by atoms with Crippen LogP contribution in [0, 0.1) is 10.1 Å². The monoisotopic (exact) mass is 267 g/mol. The predicted octanol–water partition coefficient (Wildman–Crippen LogP) is 3.06. The van der Waals surface area contributed by atoms with Crippen LogP contribution in [-0.2, 0) is 4.74 Å². The van der Waals surface area contributed by atoms with Crippen molar-refractivity contribution in [2.75, 3.05) is 7.11 Å². The topological polar surface area (TPSA) is 90.8 Å². The Morgan fingerprint density at radius 2 is 1.84 bits per heavy atom. The van der Waals surface area contributed by atoms with Crippen molar-refractivity contribution in [3.63, 3.8) is 0 Å². The molecule has 0 spiro atoms. The van der Waals surface area contributed by atoms with Gasteiger partial charge in [-0.15, -0.1) is 5.10 Å². The molecule has 2 N–H and O–H groups in total. The summed E-state index contributed by atoms with van der Waals surface area (Å²) in [4.78, 5) is 9.86. The first-order valence-corrected chi connectivity index (χ1v) is 6.17. The molecule has 0 aliphatic carbocycles. The van der Waals surface area contributed by atoms with Gasteiger partial charge in [0.25, 0.3) is 5.69 Å². The van der Waals surface area contributed by atoms with E-state index in [-0.39, 0.29) is 11.6 Å². The molecule has 1 aromatic rings. The van der Waals surface area contributed by atoms with Crippen molar-refractivity contribution < 1.29 is 9.66 Å². The van der Waals surface area contributed by atoms with Crippen LogP contribution >= 0.6 is 0 Å². The van der Waals surface area contributed by atoms with E-state index in [4.69, 9.17) is 10.6 Å². The number of hydrogen-bond donors (Lipinski definition) is 1. The predicted molar refractivity (Wildman–Crippen MR) is 76.0 cm³/mol. The standard InChI is InChI=1S/C8H9N3O3.C5H12/c1-14-8(10-9)6-2-4-7(5-3-6)11(12)13;1-3-5-4-2/h2-5H,9H2,1H3;3-5H2,1-2H3/b10-8-;. The van der Waals surface area contributed by atoms with Gasteiger partial charge in [0.1, 0.15) is 0 Å². The molecular formula is C13H21N3O3. The van der Waals surface area contributed by atoms with Crippen LogP contribution < -0.4 is 5.84 Å². The third kappa shape index (κ3) is 6.40. The molecule has 0 aliphatic heterocycles. The SMILES string of the molecule is CCCCC.CO/C(=N\N)c1ccc([N+](=O)[O-])cc1. The summed E-state index contributed by atoms with van der Waals surface area (Å²) in [6.07, 6.45) is 4.08. The fourth-order valence-corrected chi connectivity index (χ4v) is 1.32. The molecule has 0 unspecified atom stereocenters. The van der Waals surface area contributed by atoms with Crippen LogP contribution in [0.1, 0.15) is 38.7 Å². The maximum Gasteiger partial charge on any atom is 0.269 e. The quantitative estimate of drug-likeness (QED) is 0.298. The van der Waals surface area contributed by atoms with Crippen molar-refractivity contribution in [2.45, 2.75) is 33.1 Å². The fraction of sp³-hybridized carbons (Fsp3) is 0.462.